The predicted molar refractivity (Wildman–Crippen MR) is 89.3 cm³/mol. The van der Waals surface area contributed by atoms with Crippen LogP contribution < -0.4 is 10.6 Å². The van der Waals surface area contributed by atoms with E-state index in [1.807, 2.05) is 24.3 Å². The Balaban J connectivity index is 1.96. The lowest BCUT2D eigenvalue weighted by Crippen LogP contribution is -2.20. The number of hydrogen-bond donors (Lipinski definition) is 1. The van der Waals surface area contributed by atoms with Gasteiger partial charge in [-0.2, -0.15) is 0 Å². The van der Waals surface area contributed by atoms with Crippen LogP contribution in [0.25, 0.3) is 0 Å². The van der Waals surface area contributed by atoms with Gasteiger partial charge in [-0.3, -0.25) is 4.79 Å². The first-order valence-corrected chi connectivity index (χ1v) is 8.47. The van der Waals surface area contributed by atoms with Gasteiger partial charge in [0.25, 0.3) is 0 Å². The van der Waals surface area contributed by atoms with E-state index in [1.165, 1.54) is 0 Å². The van der Waals surface area contributed by atoms with Crippen LogP contribution in [0.4, 0.5) is 5.69 Å². The van der Waals surface area contributed by atoms with Gasteiger partial charge in [-0.05, 0) is 55.1 Å². The van der Waals surface area contributed by atoms with Crippen molar-refractivity contribution in [3.8, 4) is 0 Å². The molecule has 1 amide bonds. The zero-order valence-electron chi connectivity index (χ0n) is 10.7. The van der Waals surface area contributed by atoms with Gasteiger partial charge >= 0.3 is 0 Å². The third-order valence-electron chi connectivity index (χ3n) is 3.51. The zero-order chi connectivity index (χ0) is 14.4. The van der Waals surface area contributed by atoms with E-state index in [0.29, 0.717) is 6.42 Å². The maximum absolute atomic E-state index is 11.7. The highest BCUT2D eigenvalue weighted by molar-refractivity contribution is 9.13. The van der Waals surface area contributed by atoms with Crippen molar-refractivity contribution in [2.24, 2.45) is 5.73 Å². The minimum Gasteiger partial charge on any atom is -0.320 e. The van der Waals surface area contributed by atoms with Crippen molar-refractivity contribution in [3.05, 3.63) is 48.5 Å². The molecule has 1 aromatic heterocycles. The molecule has 0 aliphatic carbocycles. The molecule has 1 atom stereocenters. The van der Waals surface area contributed by atoms with Gasteiger partial charge < -0.3 is 10.6 Å². The maximum Gasteiger partial charge on any atom is 0.231 e. The van der Waals surface area contributed by atoms with E-state index >= 15 is 0 Å². The normalized spacial score (nSPS) is 15.6. The fourth-order valence-electron chi connectivity index (χ4n) is 2.36. The summed E-state index contributed by atoms with van der Waals surface area (Å²) in [5, 5.41) is 0. The van der Waals surface area contributed by atoms with Crippen molar-refractivity contribution in [1.82, 2.24) is 0 Å². The number of benzene rings is 1. The summed E-state index contributed by atoms with van der Waals surface area (Å²) in [7, 11) is 1.81. The van der Waals surface area contributed by atoms with Crippen LogP contribution in [0.3, 0.4) is 0 Å². The molecule has 2 heterocycles. The number of nitrogens with two attached hydrogens (primary N) is 1. The average molecular weight is 416 g/mol. The van der Waals surface area contributed by atoms with Gasteiger partial charge in [0.2, 0.25) is 5.91 Å². The second kappa shape index (κ2) is 5.26. The first-order chi connectivity index (χ1) is 9.47. The van der Waals surface area contributed by atoms with Crippen LogP contribution in [0.5, 0.6) is 0 Å². The van der Waals surface area contributed by atoms with Crippen molar-refractivity contribution in [3.63, 3.8) is 0 Å². The molecule has 20 heavy (non-hydrogen) atoms. The van der Waals surface area contributed by atoms with E-state index in [0.717, 1.165) is 30.0 Å². The third-order valence-corrected chi connectivity index (χ3v) is 6.85. The average Bonchev–Trinajstić information content (AvgIpc) is 2.90. The monoisotopic (exact) mass is 414 g/mol. The summed E-state index contributed by atoms with van der Waals surface area (Å²) >= 11 is 8.59. The topological polar surface area (TPSA) is 46.3 Å². The number of amides is 1. The number of rotatable bonds is 2. The number of anilines is 1. The van der Waals surface area contributed by atoms with Crippen LogP contribution in [0.15, 0.2) is 32.5 Å². The van der Waals surface area contributed by atoms with Crippen LogP contribution in [-0.2, 0) is 11.2 Å². The van der Waals surface area contributed by atoms with Crippen LogP contribution in [0.2, 0.25) is 0 Å². The summed E-state index contributed by atoms with van der Waals surface area (Å²) in [5.74, 6) is 0.132. The maximum atomic E-state index is 11.7. The molecule has 0 spiro atoms. The van der Waals surface area contributed by atoms with Gasteiger partial charge in [-0.25, -0.2) is 0 Å². The fraction of sp³-hybridized carbons (Fsp3) is 0.214. The van der Waals surface area contributed by atoms with Gasteiger partial charge in [0, 0.05) is 22.1 Å². The van der Waals surface area contributed by atoms with E-state index < -0.39 is 0 Å². The molecule has 0 saturated carbocycles. The molecule has 1 aromatic carbocycles. The van der Waals surface area contributed by atoms with Crippen molar-refractivity contribution in [2.45, 2.75) is 12.5 Å². The minimum atomic E-state index is -0.172. The van der Waals surface area contributed by atoms with Gasteiger partial charge in [0.05, 0.1) is 16.2 Å². The molecule has 0 saturated heterocycles. The smallest absolute Gasteiger partial charge is 0.231 e. The lowest BCUT2D eigenvalue weighted by molar-refractivity contribution is -0.117. The molecule has 2 N–H and O–H groups in total. The number of nitrogens with zero attached hydrogens (tertiary/aromatic N) is 1. The van der Waals surface area contributed by atoms with Crippen molar-refractivity contribution >= 4 is 54.8 Å². The molecule has 6 heteroatoms. The van der Waals surface area contributed by atoms with Gasteiger partial charge in [0.15, 0.2) is 0 Å². The number of carbonyl (C=O) groups excluding carboxylic acids is 1. The lowest BCUT2D eigenvalue weighted by Gasteiger charge is -2.13. The Morgan fingerprint density at radius 3 is 2.75 bits per heavy atom. The highest BCUT2D eigenvalue weighted by Crippen LogP contribution is 2.38. The predicted octanol–water partition coefficient (Wildman–Crippen LogP) is 3.84. The van der Waals surface area contributed by atoms with Crippen molar-refractivity contribution in [1.29, 1.82) is 0 Å². The first-order valence-electron chi connectivity index (χ1n) is 6.07. The standard InChI is InChI=1S/C14H12Br2N2OS/c1-18-10-3-2-7(4-8(10)5-12(18)19)13(17)11-6-9(15)14(16)20-11/h2-4,6,13H,5,17H2,1H3. The van der Waals surface area contributed by atoms with Crippen LogP contribution >= 0.6 is 43.2 Å². The number of likely N-dealkylation sites (N-methyl/N-ethyl adjacent to an activating group) is 1. The van der Waals surface area contributed by atoms with Crippen LogP contribution in [0.1, 0.15) is 22.0 Å². The molecular weight excluding hydrogens is 404 g/mol. The number of carbonyl (C=O) groups is 1. The molecule has 3 nitrogen and oxygen atoms in total. The molecule has 1 aliphatic rings. The second-order valence-corrected chi connectivity index (χ2v) is 8.02. The van der Waals surface area contributed by atoms with Crippen molar-refractivity contribution in [2.75, 3.05) is 11.9 Å². The SMILES string of the molecule is CN1C(=O)Cc2cc(C(N)c3cc(Br)c(Br)s3)ccc21. The summed E-state index contributed by atoms with van der Waals surface area (Å²) < 4.78 is 2.06. The highest BCUT2D eigenvalue weighted by Gasteiger charge is 2.25. The number of hydrogen-bond acceptors (Lipinski definition) is 3. The highest BCUT2D eigenvalue weighted by atomic mass is 79.9. The largest absolute Gasteiger partial charge is 0.320 e. The molecule has 3 rings (SSSR count). The molecule has 1 unspecified atom stereocenters. The Morgan fingerprint density at radius 1 is 1.35 bits per heavy atom. The van der Waals surface area contributed by atoms with Crippen LogP contribution in [-0.4, -0.2) is 13.0 Å². The number of thiophene rings is 1. The Morgan fingerprint density at radius 2 is 2.10 bits per heavy atom. The second-order valence-electron chi connectivity index (χ2n) is 4.77. The summed E-state index contributed by atoms with van der Waals surface area (Å²) in [4.78, 5) is 14.5. The molecule has 0 fully saturated rings. The summed E-state index contributed by atoms with van der Waals surface area (Å²) in [6.07, 6.45) is 0.463. The van der Waals surface area contributed by atoms with E-state index in [-0.39, 0.29) is 11.9 Å². The molecule has 0 radical (unpaired) electrons. The van der Waals surface area contributed by atoms with Gasteiger partial charge in [0.1, 0.15) is 0 Å². The minimum absolute atomic E-state index is 0.132. The fourth-order valence-corrected chi connectivity index (χ4v) is 4.48. The quantitative estimate of drug-likeness (QED) is 0.809. The zero-order valence-corrected chi connectivity index (χ0v) is 14.7. The molecule has 1 aliphatic heterocycles. The lowest BCUT2D eigenvalue weighted by atomic mass is 10.0. The van der Waals surface area contributed by atoms with E-state index in [4.69, 9.17) is 5.73 Å². The van der Waals surface area contributed by atoms with Gasteiger partial charge in [-0.1, -0.05) is 12.1 Å². The summed E-state index contributed by atoms with van der Waals surface area (Å²) in [6, 6.07) is 7.88. The Labute approximate surface area is 138 Å². The van der Waals surface area contributed by atoms with E-state index in [9.17, 15) is 4.79 Å². The molecule has 2 aromatic rings. The summed E-state index contributed by atoms with van der Waals surface area (Å²) in [5.41, 5.74) is 9.41. The first kappa shape index (κ1) is 14.3. The van der Waals surface area contributed by atoms with E-state index in [1.54, 1.807) is 23.3 Å². The third kappa shape index (κ3) is 2.35. The molecule has 104 valence electrons. The van der Waals surface area contributed by atoms with Crippen molar-refractivity contribution < 1.29 is 4.79 Å². The number of fused-ring (bicyclic) bond motifs is 1. The molecule has 0 bridgehead atoms. The van der Waals surface area contributed by atoms with Gasteiger partial charge in [-0.15, -0.1) is 11.3 Å². The Kier molecular flexibility index (Phi) is 3.75. The Bertz CT molecular complexity index is 679. The number of halogens is 2. The summed E-state index contributed by atoms with van der Waals surface area (Å²) in [6.45, 7) is 0. The van der Waals surface area contributed by atoms with E-state index in [2.05, 4.69) is 31.9 Å². The van der Waals surface area contributed by atoms with Crippen LogP contribution in [0, 0.1) is 0 Å². The molecular formula is C14H12Br2N2OS. The Hall–Kier alpha value is -0.690.